The molecule has 0 amide bonds. The van der Waals surface area contributed by atoms with Crippen LogP contribution in [0.25, 0.3) is 0 Å². The number of phenols is 1. The molecule has 1 N–H and O–H groups in total. The molecule has 0 spiro atoms. The maximum atomic E-state index is 10.5. The molecule has 1 aromatic rings. The second kappa shape index (κ2) is 6.46. The molecule has 0 radical (unpaired) electrons. The maximum absolute atomic E-state index is 10.5. The smallest absolute Gasteiger partial charge is 0.221 e. The van der Waals surface area contributed by atoms with Crippen molar-refractivity contribution in [2.24, 2.45) is 0 Å². The number of carbonyl (C=O) groups is 1. The van der Waals surface area contributed by atoms with Gasteiger partial charge in [0.25, 0.3) is 0 Å². The van der Waals surface area contributed by atoms with Crippen LogP contribution in [-0.4, -0.2) is 10.3 Å². The number of rotatable bonds is 6. The number of aryl methyl sites for hydroxylation is 1. The van der Waals surface area contributed by atoms with Crippen LogP contribution in [0.4, 0.5) is 0 Å². The van der Waals surface area contributed by atoms with E-state index in [1.807, 2.05) is 12.1 Å². The molecule has 0 aliphatic carbocycles. The molecule has 0 heterocycles. The van der Waals surface area contributed by atoms with Crippen molar-refractivity contribution >= 4 is 16.8 Å². The number of hydrogen-bond acceptors (Lipinski definition) is 2. The van der Waals surface area contributed by atoms with E-state index in [9.17, 15) is 4.79 Å². The third-order valence-corrected chi connectivity index (χ3v) is 2.46. The van der Waals surface area contributed by atoms with E-state index in [-0.39, 0.29) is 5.24 Å². The zero-order chi connectivity index (χ0) is 11.1. The van der Waals surface area contributed by atoms with Gasteiger partial charge in [-0.05, 0) is 48.6 Å². The Morgan fingerprint density at radius 3 is 2.40 bits per heavy atom. The second-order valence-electron chi connectivity index (χ2n) is 3.58. The predicted octanol–water partition coefficient (Wildman–Crippen LogP) is 3.26. The van der Waals surface area contributed by atoms with Crippen LogP contribution < -0.4 is 0 Å². The van der Waals surface area contributed by atoms with Gasteiger partial charge in [0.05, 0.1) is 0 Å². The number of halogens is 1. The third kappa shape index (κ3) is 5.43. The third-order valence-electron chi connectivity index (χ3n) is 2.28. The van der Waals surface area contributed by atoms with Crippen LogP contribution in [0.5, 0.6) is 5.75 Å². The number of unbranched alkanes of at least 4 members (excludes halogenated alkanes) is 2. The van der Waals surface area contributed by atoms with Gasteiger partial charge in [-0.1, -0.05) is 18.6 Å². The molecule has 0 bridgehead atoms. The maximum Gasteiger partial charge on any atom is 0.221 e. The normalized spacial score (nSPS) is 10.2. The summed E-state index contributed by atoms with van der Waals surface area (Å²) in [5, 5.41) is 8.82. The standard InChI is InChI=1S/C12H15ClO2/c13-12(15)5-3-1-2-4-10-6-8-11(14)9-7-10/h6-9,14H,1-5H2. The zero-order valence-electron chi connectivity index (χ0n) is 8.58. The molecule has 1 rings (SSSR count). The van der Waals surface area contributed by atoms with E-state index >= 15 is 0 Å². The van der Waals surface area contributed by atoms with Crippen molar-refractivity contribution in [3.8, 4) is 5.75 Å². The lowest BCUT2D eigenvalue weighted by Gasteiger charge is -2.01. The fraction of sp³-hybridized carbons (Fsp3) is 0.417. The van der Waals surface area contributed by atoms with Gasteiger partial charge in [-0.25, -0.2) is 0 Å². The molecule has 2 nitrogen and oxygen atoms in total. The van der Waals surface area contributed by atoms with Crippen molar-refractivity contribution in [1.29, 1.82) is 0 Å². The molecular weight excluding hydrogens is 212 g/mol. The molecule has 0 unspecified atom stereocenters. The van der Waals surface area contributed by atoms with Gasteiger partial charge in [0.1, 0.15) is 5.75 Å². The van der Waals surface area contributed by atoms with Crippen molar-refractivity contribution in [2.75, 3.05) is 0 Å². The van der Waals surface area contributed by atoms with Crippen LogP contribution in [-0.2, 0) is 11.2 Å². The first kappa shape index (κ1) is 12.1. The number of benzene rings is 1. The zero-order valence-corrected chi connectivity index (χ0v) is 9.33. The summed E-state index contributed by atoms with van der Waals surface area (Å²) in [5.74, 6) is 0.298. The van der Waals surface area contributed by atoms with E-state index in [1.165, 1.54) is 5.56 Å². The largest absolute Gasteiger partial charge is 0.508 e. The predicted molar refractivity (Wildman–Crippen MR) is 61.1 cm³/mol. The monoisotopic (exact) mass is 226 g/mol. The van der Waals surface area contributed by atoms with Crippen LogP contribution in [0.2, 0.25) is 0 Å². The van der Waals surface area contributed by atoms with Crippen LogP contribution in [0.15, 0.2) is 24.3 Å². The van der Waals surface area contributed by atoms with E-state index in [0.717, 1.165) is 25.7 Å². The first-order valence-electron chi connectivity index (χ1n) is 5.15. The highest BCUT2D eigenvalue weighted by Gasteiger charge is 1.97. The van der Waals surface area contributed by atoms with Crippen molar-refractivity contribution < 1.29 is 9.90 Å². The Morgan fingerprint density at radius 1 is 1.13 bits per heavy atom. The summed E-state index contributed by atoms with van der Waals surface area (Å²) in [7, 11) is 0. The number of hydrogen-bond donors (Lipinski definition) is 1. The fourth-order valence-electron chi connectivity index (χ4n) is 1.43. The molecule has 0 saturated carbocycles. The van der Waals surface area contributed by atoms with E-state index in [4.69, 9.17) is 16.7 Å². The molecule has 3 heteroatoms. The summed E-state index contributed by atoms with van der Waals surface area (Å²) < 4.78 is 0. The molecule has 0 aliphatic rings. The summed E-state index contributed by atoms with van der Waals surface area (Å²) in [6, 6.07) is 7.22. The first-order valence-corrected chi connectivity index (χ1v) is 5.52. The van der Waals surface area contributed by atoms with Crippen molar-refractivity contribution in [3.63, 3.8) is 0 Å². The minimum atomic E-state index is -0.250. The number of aromatic hydroxyl groups is 1. The van der Waals surface area contributed by atoms with Gasteiger partial charge in [0.2, 0.25) is 5.24 Å². The first-order chi connectivity index (χ1) is 7.18. The van der Waals surface area contributed by atoms with Crippen LogP contribution in [0, 0.1) is 0 Å². The Morgan fingerprint density at radius 2 is 1.80 bits per heavy atom. The molecule has 15 heavy (non-hydrogen) atoms. The van der Waals surface area contributed by atoms with Crippen molar-refractivity contribution in [2.45, 2.75) is 32.1 Å². The van der Waals surface area contributed by atoms with Gasteiger partial charge in [-0.3, -0.25) is 4.79 Å². The van der Waals surface area contributed by atoms with Gasteiger partial charge in [0, 0.05) is 6.42 Å². The fourth-order valence-corrected chi connectivity index (χ4v) is 1.57. The highest BCUT2D eigenvalue weighted by Crippen LogP contribution is 2.13. The van der Waals surface area contributed by atoms with Gasteiger partial charge in [-0.15, -0.1) is 0 Å². The van der Waals surface area contributed by atoms with Gasteiger partial charge >= 0.3 is 0 Å². The van der Waals surface area contributed by atoms with Gasteiger partial charge in [-0.2, -0.15) is 0 Å². The number of carbonyl (C=O) groups excluding carboxylic acids is 1. The van der Waals surface area contributed by atoms with E-state index in [0.29, 0.717) is 12.2 Å². The van der Waals surface area contributed by atoms with E-state index < -0.39 is 0 Å². The summed E-state index contributed by atoms with van der Waals surface area (Å²) in [5.41, 5.74) is 1.21. The molecule has 0 atom stereocenters. The van der Waals surface area contributed by atoms with Gasteiger partial charge in [0.15, 0.2) is 0 Å². The molecule has 0 fully saturated rings. The average molecular weight is 227 g/mol. The minimum Gasteiger partial charge on any atom is -0.508 e. The Kier molecular flexibility index (Phi) is 5.19. The van der Waals surface area contributed by atoms with Crippen molar-refractivity contribution in [3.05, 3.63) is 29.8 Å². The summed E-state index contributed by atoms with van der Waals surface area (Å²) in [6.07, 6.45) is 4.38. The van der Waals surface area contributed by atoms with Crippen LogP contribution in [0.3, 0.4) is 0 Å². The minimum absolute atomic E-state index is 0.250. The Labute approximate surface area is 94.9 Å². The van der Waals surface area contributed by atoms with Crippen LogP contribution in [0.1, 0.15) is 31.2 Å². The Hall–Kier alpha value is -1.02. The number of phenolic OH excluding ortho intramolecular Hbond substituents is 1. The highest BCUT2D eigenvalue weighted by molar-refractivity contribution is 6.63. The van der Waals surface area contributed by atoms with Gasteiger partial charge < -0.3 is 5.11 Å². The SMILES string of the molecule is O=C(Cl)CCCCCc1ccc(O)cc1. The lowest BCUT2D eigenvalue weighted by atomic mass is 10.1. The summed E-state index contributed by atoms with van der Waals surface area (Å²) in [6.45, 7) is 0. The lowest BCUT2D eigenvalue weighted by Crippen LogP contribution is -1.88. The summed E-state index contributed by atoms with van der Waals surface area (Å²) >= 11 is 5.22. The molecule has 1 aromatic carbocycles. The second-order valence-corrected chi connectivity index (χ2v) is 4.00. The Bertz CT molecular complexity index is 306. The Balaban J connectivity index is 2.15. The van der Waals surface area contributed by atoms with E-state index in [2.05, 4.69) is 0 Å². The molecule has 0 aromatic heterocycles. The molecular formula is C12H15ClO2. The molecule has 0 saturated heterocycles. The molecule has 82 valence electrons. The highest BCUT2D eigenvalue weighted by atomic mass is 35.5. The van der Waals surface area contributed by atoms with Crippen molar-refractivity contribution in [1.82, 2.24) is 0 Å². The average Bonchev–Trinajstić information content (AvgIpc) is 2.20. The van der Waals surface area contributed by atoms with E-state index in [1.54, 1.807) is 12.1 Å². The quantitative estimate of drug-likeness (QED) is 0.597. The summed E-state index contributed by atoms with van der Waals surface area (Å²) in [4.78, 5) is 10.5. The molecule has 0 aliphatic heterocycles. The topological polar surface area (TPSA) is 37.3 Å². The lowest BCUT2D eigenvalue weighted by molar-refractivity contribution is -0.111. The van der Waals surface area contributed by atoms with Crippen LogP contribution >= 0.6 is 11.6 Å².